The Labute approximate surface area is 150 Å². The largest absolute Gasteiger partial charge is 0.336 e. The topological polar surface area (TPSA) is 23.6 Å². The lowest BCUT2D eigenvalue weighted by Gasteiger charge is -2.35. The summed E-state index contributed by atoms with van der Waals surface area (Å²) in [6.07, 6.45) is 0. The molecule has 0 aliphatic carbocycles. The van der Waals surface area contributed by atoms with E-state index < -0.39 is 0 Å². The fourth-order valence-electron chi connectivity index (χ4n) is 2.82. The maximum absolute atomic E-state index is 13.7. The van der Waals surface area contributed by atoms with Crippen LogP contribution in [0.3, 0.4) is 0 Å². The molecule has 1 aliphatic heterocycles. The lowest BCUT2D eigenvalue weighted by Crippen LogP contribution is -2.48. The molecule has 2 aromatic rings. The third-order valence-corrected chi connectivity index (χ3v) is 5.01. The van der Waals surface area contributed by atoms with Gasteiger partial charge in [-0.2, -0.15) is 0 Å². The molecule has 0 saturated carbocycles. The van der Waals surface area contributed by atoms with Gasteiger partial charge in [0, 0.05) is 38.3 Å². The molecule has 6 heteroatoms. The minimum Gasteiger partial charge on any atom is -0.336 e. The van der Waals surface area contributed by atoms with Gasteiger partial charge in [-0.15, -0.1) is 0 Å². The molecule has 24 heavy (non-hydrogen) atoms. The second-order valence-electron chi connectivity index (χ2n) is 5.76. The summed E-state index contributed by atoms with van der Waals surface area (Å²) in [5, 5.41) is 0.665. The smallest absolute Gasteiger partial charge is 0.255 e. The van der Waals surface area contributed by atoms with Crippen LogP contribution in [0.15, 0.2) is 42.5 Å². The predicted octanol–water partition coefficient (Wildman–Crippen LogP) is 4.09. The Kier molecular flexibility index (Phi) is 5.39. The number of halogens is 3. The predicted molar refractivity (Wildman–Crippen MR) is 94.0 cm³/mol. The van der Waals surface area contributed by atoms with Gasteiger partial charge in [0.05, 0.1) is 15.6 Å². The van der Waals surface area contributed by atoms with Crippen molar-refractivity contribution in [1.82, 2.24) is 9.80 Å². The fourth-order valence-corrected chi connectivity index (χ4v) is 3.20. The van der Waals surface area contributed by atoms with Crippen LogP contribution >= 0.6 is 23.2 Å². The van der Waals surface area contributed by atoms with Crippen LogP contribution in [0.4, 0.5) is 4.39 Å². The van der Waals surface area contributed by atoms with Crippen LogP contribution in [0.2, 0.25) is 10.0 Å². The van der Waals surface area contributed by atoms with Crippen molar-refractivity contribution < 1.29 is 9.18 Å². The lowest BCUT2D eigenvalue weighted by molar-refractivity contribution is 0.0627. The normalized spacial score (nSPS) is 15.5. The van der Waals surface area contributed by atoms with Gasteiger partial charge in [-0.3, -0.25) is 9.69 Å². The molecule has 1 amide bonds. The Morgan fingerprint density at radius 3 is 2.42 bits per heavy atom. The molecule has 0 spiro atoms. The molecule has 0 aromatic heterocycles. The molecule has 3 nitrogen and oxygen atoms in total. The van der Waals surface area contributed by atoms with E-state index in [1.807, 2.05) is 6.07 Å². The van der Waals surface area contributed by atoms with E-state index in [2.05, 4.69) is 4.90 Å². The zero-order valence-electron chi connectivity index (χ0n) is 13.0. The molecular weight excluding hydrogens is 350 g/mol. The SMILES string of the molecule is O=C(c1cccc(Cl)c1Cl)N1CCN(Cc2ccccc2F)CC1. The number of carbonyl (C=O) groups excluding carboxylic acids is 1. The van der Waals surface area contributed by atoms with Crippen molar-refractivity contribution >= 4 is 29.1 Å². The molecule has 0 unspecified atom stereocenters. The van der Waals surface area contributed by atoms with Gasteiger partial charge in [-0.05, 0) is 18.2 Å². The minimum atomic E-state index is -0.193. The number of nitrogens with zero attached hydrogens (tertiary/aromatic N) is 2. The summed E-state index contributed by atoms with van der Waals surface area (Å²) in [4.78, 5) is 16.5. The summed E-state index contributed by atoms with van der Waals surface area (Å²) in [5.74, 6) is -0.310. The summed E-state index contributed by atoms with van der Waals surface area (Å²) in [7, 11) is 0. The lowest BCUT2D eigenvalue weighted by atomic mass is 10.1. The van der Waals surface area contributed by atoms with E-state index in [0.29, 0.717) is 48.9 Å². The van der Waals surface area contributed by atoms with E-state index in [1.54, 1.807) is 35.2 Å². The van der Waals surface area contributed by atoms with Crippen LogP contribution in [-0.2, 0) is 6.54 Å². The fraction of sp³-hybridized carbons (Fsp3) is 0.278. The zero-order chi connectivity index (χ0) is 17.1. The Balaban J connectivity index is 1.62. The van der Waals surface area contributed by atoms with E-state index in [0.717, 1.165) is 0 Å². The number of hydrogen-bond acceptors (Lipinski definition) is 2. The van der Waals surface area contributed by atoms with Gasteiger partial charge in [-0.25, -0.2) is 4.39 Å². The third-order valence-electron chi connectivity index (χ3n) is 4.19. The number of amides is 1. The second-order valence-corrected chi connectivity index (χ2v) is 6.55. The Morgan fingerprint density at radius 1 is 1.00 bits per heavy atom. The van der Waals surface area contributed by atoms with Gasteiger partial charge in [0.1, 0.15) is 5.82 Å². The minimum absolute atomic E-state index is 0.118. The molecule has 0 radical (unpaired) electrons. The molecule has 0 atom stereocenters. The highest BCUT2D eigenvalue weighted by Crippen LogP contribution is 2.27. The molecule has 1 aliphatic rings. The number of rotatable bonds is 3. The van der Waals surface area contributed by atoms with Crippen molar-refractivity contribution in [2.45, 2.75) is 6.54 Å². The summed E-state index contributed by atoms with van der Waals surface area (Å²) in [6.45, 7) is 3.09. The highest BCUT2D eigenvalue weighted by Gasteiger charge is 2.24. The maximum Gasteiger partial charge on any atom is 0.255 e. The van der Waals surface area contributed by atoms with E-state index >= 15 is 0 Å². The number of carbonyl (C=O) groups is 1. The molecule has 3 rings (SSSR count). The van der Waals surface area contributed by atoms with E-state index in [9.17, 15) is 9.18 Å². The molecule has 1 saturated heterocycles. The maximum atomic E-state index is 13.7. The van der Waals surface area contributed by atoms with Crippen LogP contribution in [0.5, 0.6) is 0 Å². The quantitative estimate of drug-likeness (QED) is 0.816. The van der Waals surface area contributed by atoms with Crippen molar-refractivity contribution in [3.8, 4) is 0 Å². The Hall–Kier alpha value is -1.62. The van der Waals surface area contributed by atoms with Crippen LogP contribution in [0, 0.1) is 5.82 Å². The molecule has 1 heterocycles. The molecule has 126 valence electrons. The zero-order valence-corrected chi connectivity index (χ0v) is 14.5. The van der Waals surface area contributed by atoms with Crippen LogP contribution in [0.25, 0.3) is 0 Å². The first-order chi connectivity index (χ1) is 11.6. The summed E-state index contributed by atoms with van der Waals surface area (Å²) in [5.41, 5.74) is 1.10. The number of piperazine rings is 1. The Morgan fingerprint density at radius 2 is 1.71 bits per heavy atom. The summed E-state index contributed by atoms with van der Waals surface area (Å²) < 4.78 is 13.7. The first kappa shape index (κ1) is 17.2. The van der Waals surface area contributed by atoms with Crippen molar-refractivity contribution in [2.75, 3.05) is 26.2 Å². The molecular formula is C18H17Cl2FN2O. The Bertz CT molecular complexity index is 746. The van der Waals surface area contributed by atoms with Crippen LogP contribution < -0.4 is 0 Å². The first-order valence-electron chi connectivity index (χ1n) is 7.75. The molecule has 0 bridgehead atoms. The van der Waals surface area contributed by atoms with E-state index in [-0.39, 0.29) is 16.7 Å². The van der Waals surface area contributed by atoms with Gasteiger partial charge in [-0.1, -0.05) is 47.5 Å². The monoisotopic (exact) mass is 366 g/mol. The van der Waals surface area contributed by atoms with Crippen molar-refractivity contribution in [3.05, 3.63) is 69.5 Å². The van der Waals surface area contributed by atoms with Crippen LogP contribution in [-0.4, -0.2) is 41.9 Å². The van der Waals surface area contributed by atoms with Crippen LogP contribution in [0.1, 0.15) is 15.9 Å². The van der Waals surface area contributed by atoms with Gasteiger partial charge >= 0.3 is 0 Å². The number of hydrogen-bond donors (Lipinski definition) is 0. The van der Waals surface area contributed by atoms with Gasteiger partial charge in [0.2, 0.25) is 0 Å². The molecule has 1 fully saturated rings. The van der Waals surface area contributed by atoms with Crippen molar-refractivity contribution in [1.29, 1.82) is 0 Å². The molecule has 2 aromatic carbocycles. The van der Waals surface area contributed by atoms with E-state index in [1.165, 1.54) is 6.07 Å². The van der Waals surface area contributed by atoms with Crippen molar-refractivity contribution in [2.24, 2.45) is 0 Å². The number of benzene rings is 2. The standard InChI is InChI=1S/C18H17Cl2FN2O/c19-15-6-3-5-14(17(15)20)18(24)23-10-8-22(9-11-23)12-13-4-1-2-7-16(13)21/h1-7H,8-12H2. The van der Waals surface area contributed by atoms with E-state index in [4.69, 9.17) is 23.2 Å². The third kappa shape index (κ3) is 3.72. The van der Waals surface area contributed by atoms with Crippen molar-refractivity contribution in [3.63, 3.8) is 0 Å². The van der Waals surface area contributed by atoms with Gasteiger partial charge in [0.25, 0.3) is 5.91 Å². The first-order valence-corrected chi connectivity index (χ1v) is 8.51. The average molecular weight is 367 g/mol. The highest BCUT2D eigenvalue weighted by molar-refractivity contribution is 6.43. The summed E-state index contributed by atoms with van der Waals surface area (Å²) in [6, 6.07) is 11.8. The van der Waals surface area contributed by atoms with Gasteiger partial charge in [0.15, 0.2) is 0 Å². The molecule has 0 N–H and O–H groups in total. The summed E-state index contributed by atoms with van der Waals surface area (Å²) >= 11 is 12.1. The highest BCUT2D eigenvalue weighted by atomic mass is 35.5. The van der Waals surface area contributed by atoms with Gasteiger partial charge < -0.3 is 4.90 Å². The second kappa shape index (κ2) is 7.51. The average Bonchev–Trinajstić information content (AvgIpc) is 2.59.